The number of aromatic hydroxyl groups is 1. The SMILES string of the molecule is Cc1ccc(Cl)c2c(Cc3ccc(O)cc3)cn([C@@H]3O[C@H](CO)[C@@H](O)[C@H](O)[C@H]3O)c12. The summed E-state index contributed by atoms with van der Waals surface area (Å²) in [4.78, 5) is 0. The van der Waals surface area contributed by atoms with Crippen LogP contribution in [0, 0.1) is 6.92 Å². The topological polar surface area (TPSA) is 115 Å². The number of hydrogen-bond donors (Lipinski definition) is 5. The van der Waals surface area contributed by atoms with Gasteiger partial charge >= 0.3 is 0 Å². The standard InChI is InChI=1S/C22H24ClNO6/c1-11-2-7-15(23)17-13(8-12-3-5-14(26)6-4-12)9-24(18(11)17)22-21(29)20(28)19(27)16(10-25)30-22/h2-7,9,16,19-22,25-29H,8,10H2,1H3/t16-,19-,20+,21-,22-/m1/s1. The van der Waals surface area contributed by atoms with Crippen molar-refractivity contribution < 1.29 is 30.3 Å². The van der Waals surface area contributed by atoms with Crippen molar-refractivity contribution in [2.24, 2.45) is 0 Å². The Kier molecular flexibility index (Phi) is 5.76. The molecule has 4 rings (SSSR count). The fourth-order valence-corrected chi connectivity index (χ4v) is 4.36. The lowest BCUT2D eigenvalue weighted by molar-refractivity contribution is -0.250. The van der Waals surface area contributed by atoms with Crippen molar-refractivity contribution in [1.29, 1.82) is 0 Å². The van der Waals surface area contributed by atoms with Gasteiger partial charge in [0.25, 0.3) is 0 Å². The molecule has 0 amide bonds. The number of nitrogens with zero attached hydrogens (tertiary/aromatic N) is 1. The molecule has 7 nitrogen and oxygen atoms in total. The minimum absolute atomic E-state index is 0.177. The van der Waals surface area contributed by atoms with Crippen molar-refractivity contribution in [2.45, 2.75) is 44.0 Å². The zero-order chi connectivity index (χ0) is 21.6. The molecular weight excluding hydrogens is 410 g/mol. The lowest BCUT2D eigenvalue weighted by Crippen LogP contribution is -2.56. The Morgan fingerprint density at radius 2 is 1.70 bits per heavy atom. The summed E-state index contributed by atoms with van der Waals surface area (Å²) >= 11 is 6.54. The van der Waals surface area contributed by atoms with Crippen LogP contribution in [0.2, 0.25) is 5.02 Å². The molecular formula is C22H24ClNO6. The van der Waals surface area contributed by atoms with Crippen molar-refractivity contribution in [3.05, 3.63) is 64.3 Å². The van der Waals surface area contributed by atoms with Gasteiger partial charge in [0.05, 0.1) is 17.1 Å². The first-order chi connectivity index (χ1) is 14.3. The molecule has 1 aromatic heterocycles. The number of ether oxygens (including phenoxy) is 1. The van der Waals surface area contributed by atoms with E-state index in [1.54, 1.807) is 22.8 Å². The highest BCUT2D eigenvalue weighted by Gasteiger charge is 2.44. The van der Waals surface area contributed by atoms with Gasteiger partial charge < -0.3 is 34.8 Å². The van der Waals surface area contributed by atoms with E-state index < -0.39 is 37.3 Å². The minimum Gasteiger partial charge on any atom is -0.508 e. The van der Waals surface area contributed by atoms with Gasteiger partial charge in [0, 0.05) is 11.6 Å². The Morgan fingerprint density at radius 3 is 2.37 bits per heavy atom. The number of halogens is 1. The molecule has 0 unspecified atom stereocenters. The lowest BCUT2D eigenvalue weighted by Gasteiger charge is -2.40. The maximum atomic E-state index is 10.6. The highest BCUT2D eigenvalue weighted by Crippen LogP contribution is 2.38. The molecule has 2 aromatic carbocycles. The second-order valence-corrected chi connectivity index (χ2v) is 8.12. The van der Waals surface area contributed by atoms with Gasteiger partial charge in [-0.25, -0.2) is 0 Å². The first kappa shape index (κ1) is 21.1. The average molecular weight is 434 g/mol. The predicted octanol–water partition coefficient (Wildman–Crippen LogP) is 1.87. The molecule has 5 N–H and O–H groups in total. The first-order valence-corrected chi connectivity index (χ1v) is 10.1. The lowest BCUT2D eigenvalue weighted by atomic mass is 9.98. The molecule has 0 spiro atoms. The number of phenols is 1. The third-order valence-electron chi connectivity index (χ3n) is 5.68. The van der Waals surface area contributed by atoms with Crippen LogP contribution in [0.3, 0.4) is 0 Å². The highest BCUT2D eigenvalue weighted by molar-refractivity contribution is 6.35. The Morgan fingerprint density at radius 1 is 1.00 bits per heavy atom. The summed E-state index contributed by atoms with van der Waals surface area (Å²) in [5.74, 6) is 0.177. The third-order valence-corrected chi connectivity index (χ3v) is 5.99. The van der Waals surface area contributed by atoms with Gasteiger partial charge in [-0.15, -0.1) is 0 Å². The maximum absolute atomic E-state index is 10.6. The fourth-order valence-electron chi connectivity index (χ4n) is 4.09. The van der Waals surface area contributed by atoms with Gasteiger partial charge in [0.1, 0.15) is 30.2 Å². The van der Waals surface area contributed by atoms with Crippen molar-refractivity contribution in [3.8, 4) is 5.75 Å². The molecule has 0 bridgehead atoms. The van der Waals surface area contributed by atoms with Gasteiger partial charge in [0.15, 0.2) is 6.23 Å². The zero-order valence-electron chi connectivity index (χ0n) is 16.3. The summed E-state index contributed by atoms with van der Waals surface area (Å²) in [6, 6.07) is 10.5. The molecule has 0 saturated carbocycles. The van der Waals surface area contributed by atoms with Crippen LogP contribution >= 0.6 is 11.6 Å². The van der Waals surface area contributed by atoms with Crippen LogP contribution in [0.25, 0.3) is 10.9 Å². The van der Waals surface area contributed by atoms with E-state index in [4.69, 9.17) is 16.3 Å². The second-order valence-electron chi connectivity index (χ2n) is 7.71. The highest BCUT2D eigenvalue weighted by atomic mass is 35.5. The Balaban J connectivity index is 1.84. The van der Waals surface area contributed by atoms with E-state index >= 15 is 0 Å². The molecule has 0 aliphatic carbocycles. The summed E-state index contributed by atoms with van der Waals surface area (Å²) in [6.07, 6.45) is -4.01. The number of hydrogen-bond acceptors (Lipinski definition) is 6. The molecule has 1 aliphatic rings. The average Bonchev–Trinajstić information content (AvgIpc) is 3.11. The van der Waals surface area contributed by atoms with E-state index in [1.807, 2.05) is 31.3 Å². The molecule has 160 valence electrons. The van der Waals surface area contributed by atoms with Gasteiger partial charge in [-0.3, -0.25) is 0 Å². The number of phenolic OH excluding ortho intramolecular Hbond substituents is 1. The van der Waals surface area contributed by atoms with Crippen LogP contribution in [0.1, 0.15) is 22.9 Å². The van der Waals surface area contributed by atoms with Crippen LogP contribution < -0.4 is 0 Å². The molecule has 1 fully saturated rings. The first-order valence-electron chi connectivity index (χ1n) is 9.68. The van der Waals surface area contributed by atoms with E-state index in [0.29, 0.717) is 11.4 Å². The van der Waals surface area contributed by atoms with E-state index in [9.17, 15) is 25.5 Å². The van der Waals surface area contributed by atoms with Gasteiger partial charge in [-0.05, 0) is 48.2 Å². The summed E-state index contributed by atoms with van der Waals surface area (Å²) in [6.45, 7) is 1.41. The Bertz CT molecular complexity index is 1050. The molecule has 0 radical (unpaired) electrons. The number of aryl methyl sites for hydroxylation is 1. The number of rotatable bonds is 4. The van der Waals surface area contributed by atoms with E-state index in [1.165, 1.54) is 0 Å². The molecule has 5 atom stereocenters. The molecule has 8 heteroatoms. The molecule has 30 heavy (non-hydrogen) atoms. The monoisotopic (exact) mass is 433 g/mol. The zero-order valence-corrected chi connectivity index (χ0v) is 17.1. The normalized spacial score (nSPS) is 26.9. The van der Waals surface area contributed by atoms with Crippen LogP contribution in [0.15, 0.2) is 42.6 Å². The van der Waals surface area contributed by atoms with E-state index in [0.717, 1.165) is 27.6 Å². The van der Waals surface area contributed by atoms with Crippen molar-refractivity contribution >= 4 is 22.5 Å². The maximum Gasteiger partial charge on any atom is 0.163 e. The van der Waals surface area contributed by atoms with E-state index in [-0.39, 0.29) is 5.75 Å². The minimum atomic E-state index is -1.47. The number of aliphatic hydroxyl groups excluding tert-OH is 4. The molecule has 3 aromatic rings. The fraction of sp³-hybridized carbons (Fsp3) is 0.364. The largest absolute Gasteiger partial charge is 0.508 e. The summed E-state index contributed by atoms with van der Waals surface area (Å²) in [5.41, 5.74) is 3.46. The van der Waals surface area contributed by atoms with Crippen molar-refractivity contribution in [2.75, 3.05) is 6.61 Å². The van der Waals surface area contributed by atoms with Gasteiger partial charge in [-0.1, -0.05) is 29.8 Å². The van der Waals surface area contributed by atoms with Crippen LogP contribution in [0.5, 0.6) is 5.75 Å². The third kappa shape index (κ3) is 3.58. The smallest absolute Gasteiger partial charge is 0.163 e. The van der Waals surface area contributed by atoms with Crippen LogP contribution in [-0.2, 0) is 11.2 Å². The summed E-state index contributed by atoms with van der Waals surface area (Å²) in [7, 11) is 0. The van der Waals surface area contributed by atoms with Crippen LogP contribution in [-0.4, -0.2) is 61.1 Å². The number of aliphatic hydroxyl groups is 4. The Labute approximate surface area is 178 Å². The van der Waals surface area contributed by atoms with Crippen molar-refractivity contribution in [1.82, 2.24) is 4.57 Å². The molecule has 1 saturated heterocycles. The van der Waals surface area contributed by atoms with Gasteiger partial charge in [-0.2, -0.15) is 0 Å². The number of benzene rings is 2. The molecule has 1 aliphatic heterocycles. The summed E-state index contributed by atoms with van der Waals surface area (Å²) < 4.78 is 7.48. The number of fused-ring (bicyclic) bond motifs is 1. The predicted molar refractivity (Wildman–Crippen MR) is 112 cm³/mol. The number of aromatic nitrogens is 1. The van der Waals surface area contributed by atoms with Crippen molar-refractivity contribution in [3.63, 3.8) is 0 Å². The van der Waals surface area contributed by atoms with E-state index in [2.05, 4.69) is 0 Å². The van der Waals surface area contributed by atoms with Gasteiger partial charge in [0.2, 0.25) is 0 Å². The van der Waals surface area contributed by atoms with Crippen LogP contribution in [0.4, 0.5) is 0 Å². The summed E-state index contributed by atoms with van der Waals surface area (Å²) in [5, 5.41) is 51.4. The second kappa shape index (κ2) is 8.19. The molecule has 2 heterocycles. The quantitative estimate of drug-likeness (QED) is 0.429. The Hall–Kier alpha value is -2.13.